The molecule has 3 unspecified atom stereocenters. The van der Waals surface area contributed by atoms with Gasteiger partial charge in [-0.05, 0) is 70.6 Å². The molecule has 332 valence electrons. The quantitative estimate of drug-likeness (QED) is 0.0325. The number of rotatable bonds is 41. The van der Waals surface area contributed by atoms with Crippen LogP contribution >= 0.6 is 0 Å². The van der Waals surface area contributed by atoms with Gasteiger partial charge in [-0.25, -0.2) is 0 Å². The van der Waals surface area contributed by atoms with E-state index in [0.29, 0.717) is 19.3 Å². The van der Waals surface area contributed by atoms with Crippen LogP contribution < -0.4 is 5.32 Å². The summed E-state index contributed by atoms with van der Waals surface area (Å²) in [6.07, 6.45) is 57.8. The third-order valence-electron chi connectivity index (χ3n) is 10.4. The molecule has 0 aromatic carbocycles. The molecule has 0 heterocycles. The molecule has 6 nitrogen and oxygen atoms in total. The number of aliphatic hydroxyl groups excluding tert-OH is 2. The van der Waals surface area contributed by atoms with Crippen LogP contribution in [-0.4, -0.2) is 46.9 Å². The molecule has 0 saturated carbocycles. The van der Waals surface area contributed by atoms with Gasteiger partial charge >= 0.3 is 5.97 Å². The highest BCUT2D eigenvalue weighted by Gasteiger charge is 2.24. The summed E-state index contributed by atoms with van der Waals surface area (Å²) in [6.45, 7) is 6.27. The first-order valence-electron chi connectivity index (χ1n) is 23.9. The zero-order valence-electron chi connectivity index (χ0n) is 37.6. The van der Waals surface area contributed by atoms with Gasteiger partial charge in [0, 0.05) is 6.42 Å². The van der Waals surface area contributed by atoms with E-state index in [1.54, 1.807) is 0 Å². The van der Waals surface area contributed by atoms with Crippen LogP contribution in [-0.2, 0) is 14.3 Å². The van der Waals surface area contributed by atoms with Crippen molar-refractivity contribution in [2.45, 2.75) is 225 Å². The third kappa shape index (κ3) is 39.8. The van der Waals surface area contributed by atoms with Crippen molar-refractivity contribution < 1.29 is 24.5 Å². The predicted octanol–water partition coefficient (Wildman–Crippen LogP) is 14.0. The van der Waals surface area contributed by atoms with E-state index in [4.69, 9.17) is 4.74 Å². The fraction of sp³-hybridized carbons (Fsp3) is 0.692. The minimum Gasteiger partial charge on any atom is -0.462 e. The highest BCUT2D eigenvalue weighted by atomic mass is 16.5. The van der Waals surface area contributed by atoms with E-state index < -0.39 is 18.2 Å². The topological polar surface area (TPSA) is 95.9 Å². The molecule has 6 heteroatoms. The lowest BCUT2D eigenvalue weighted by Crippen LogP contribution is -2.46. The van der Waals surface area contributed by atoms with E-state index in [-0.39, 0.29) is 24.9 Å². The second kappa shape index (κ2) is 45.1. The fourth-order valence-electron chi connectivity index (χ4n) is 6.73. The van der Waals surface area contributed by atoms with Gasteiger partial charge in [-0.1, -0.05) is 209 Å². The monoisotopic (exact) mass is 808 g/mol. The van der Waals surface area contributed by atoms with Crippen LogP contribution in [0, 0.1) is 0 Å². The number of aliphatic hydroxyl groups is 2. The van der Waals surface area contributed by atoms with Crippen LogP contribution in [0.4, 0.5) is 0 Å². The fourth-order valence-corrected chi connectivity index (χ4v) is 6.73. The number of amides is 1. The summed E-state index contributed by atoms with van der Waals surface area (Å²) >= 11 is 0. The van der Waals surface area contributed by atoms with Crippen LogP contribution in [0.25, 0.3) is 0 Å². The molecule has 0 saturated heterocycles. The van der Waals surface area contributed by atoms with Crippen molar-refractivity contribution in [2.75, 3.05) is 6.61 Å². The van der Waals surface area contributed by atoms with Crippen LogP contribution in [0.5, 0.6) is 0 Å². The summed E-state index contributed by atoms with van der Waals surface area (Å²) in [4.78, 5) is 26.0. The van der Waals surface area contributed by atoms with Crippen LogP contribution in [0.15, 0.2) is 85.1 Å². The zero-order chi connectivity index (χ0) is 42.4. The van der Waals surface area contributed by atoms with Gasteiger partial charge in [-0.2, -0.15) is 0 Å². The summed E-state index contributed by atoms with van der Waals surface area (Å²) in [6, 6.07) is -0.722. The van der Waals surface area contributed by atoms with Gasteiger partial charge < -0.3 is 20.3 Å². The van der Waals surface area contributed by atoms with Gasteiger partial charge in [0.2, 0.25) is 5.91 Å². The molecule has 0 radical (unpaired) electrons. The van der Waals surface area contributed by atoms with Crippen LogP contribution in [0.3, 0.4) is 0 Å². The molecule has 0 aliphatic heterocycles. The Bertz CT molecular complexity index is 1130. The second-order valence-corrected chi connectivity index (χ2v) is 15.9. The highest BCUT2D eigenvalue weighted by molar-refractivity contribution is 5.77. The van der Waals surface area contributed by atoms with Crippen molar-refractivity contribution in [3.63, 3.8) is 0 Å². The standard InChI is InChI=1S/C52H89NO5/c1-4-7-10-13-16-19-22-24-25-26-28-29-31-34-37-40-43-48(58-52(57)45-42-39-36-33-30-27-23-20-17-14-11-8-5-2)46-51(56)53-49(47-54)50(55)44-41-38-35-32-21-18-15-12-9-6-3/h8,11,14,16-17,19-20,22-26,28-29,48-50,54-55H,4-7,9-10,12-13,15,18,21,27,30-47H2,1-3H3,(H,53,56)/b11-8+,17-14+,19-16+,23-20-,24-22+,26-25+,29-28+. The highest BCUT2D eigenvalue weighted by Crippen LogP contribution is 2.17. The Hall–Kier alpha value is -2.96. The molecule has 0 fully saturated rings. The van der Waals surface area contributed by atoms with Crippen LogP contribution in [0.1, 0.15) is 207 Å². The minimum atomic E-state index is -0.805. The first-order valence-corrected chi connectivity index (χ1v) is 23.9. The van der Waals surface area contributed by atoms with Gasteiger partial charge in [0.1, 0.15) is 6.10 Å². The molecule has 0 aromatic heterocycles. The van der Waals surface area contributed by atoms with E-state index in [9.17, 15) is 19.8 Å². The van der Waals surface area contributed by atoms with Crippen molar-refractivity contribution in [3.8, 4) is 0 Å². The summed E-state index contributed by atoms with van der Waals surface area (Å²) in [5, 5.41) is 23.6. The Kier molecular flexibility index (Phi) is 42.8. The molecular formula is C52H89NO5. The molecule has 0 aromatic rings. The molecule has 3 N–H and O–H groups in total. The molecule has 3 atom stereocenters. The number of carbonyl (C=O) groups is 2. The number of carbonyl (C=O) groups excluding carboxylic acids is 2. The predicted molar refractivity (Wildman–Crippen MR) is 250 cm³/mol. The molecule has 0 bridgehead atoms. The number of ether oxygens (including phenoxy) is 1. The number of esters is 1. The van der Waals surface area contributed by atoms with E-state index in [1.807, 2.05) is 18.2 Å². The van der Waals surface area contributed by atoms with Gasteiger partial charge in [-0.3, -0.25) is 9.59 Å². The Balaban J connectivity index is 4.76. The van der Waals surface area contributed by atoms with Crippen molar-refractivity contribution in [3.05, 3.63) is 85.1 Å². The third-order valence-corrected chi connectivity index (χ3v) is 10.4. The minimum absolute atomic E-state index is 0.0386. The normalized spacial score (nSPS) is 14.1. The van der Waals surface area contributed by atoms with Crippen molar-refractivity contribution in [1.82, 2.24) is 5.32 Å². The summed E-state index contributed by atoms with van der Waals surface area (Å²) in [5.41, 5.74) is 0. The number of unbranched alkanes of at least 4 members (excludes halogenated alkanes) is 20. The lowest BCUT2D eigenvalue weighted by atomic mass is 10.0. The molecule has 0 aliphatic rings. The smallest absolute Gasteiger partial charge is 0.306 e. The maximum Gasteiger partial charge on any atom is 0.306 e. The Morgan fingerprint density at radius 2 is 0.931 bits per heavy atom. The SMILES string of the molecule is CC/C=C/C=C/C=C\CCCCCCCC(=O)OC(CCCCC/C=C/C=C/C=C/C=C/CCCCC)CC(=O)NC(CO)C(O)CCCCCCCCCCCC. The van der Waals surface area contributed by atoms with Crippen molar-refractivity contribution in [2.24, 2.45) is 0 Å². The molecule has 0 rings (SSSR count). The van der Waals surface area contributed by atoms with E-state index in [1.165, 1.54) is 64.2 Å². The first kappa shape index (κ1) is 55.0. The van der Waals surface area contributed by atoms with Crippen molar-refractivity contribution in [1.29, 1.82) is 0 Å². The molecular weight excluding hydrogens is 719 g/mol. The van der Waals surface area contributed by atoms with Gasteiger partial charge in [0.25, 0.3) is 0 Å². The average molecular weight is 808 g/mol. The molecule has 0 spiro atoms. The number of nitrogens with one attached hydrogen (secondary N) is 1. The van der Waals surface area contributed by atoms with Crippen LogP contribution in [0.2, 0.25) is 0 Å². The molecule has 0 aliphatic carbocycles. The maximum absolute atomic E-state index is 13.1. The maximum atomic E-state index is 13.1. The summed E-state index contributed by atoms with van der Waals surface area (Å²) in [5.74, 6) is -0.545. The second-order valence-electron chi connectivity index (χ2n) is 15.9. The summed E-state index contributed by atoms with van der Waals surface area (Å²) < 4.78 is 5.89. The van der Waals surface area contributed by atoms with Gasteiger partial charge in [-0.15, -0.1) is 0 Å². The first-order chi connectivity index (χ1) is 28.5. The molecule has 1 amide bonds. The lowest BCUT2D eigenvalue weighted by Gasteiger charge is -2.24. The Labute approximate surface area is 357 Å². The number of allylic oxidation sites excluding steroid dienone is 14. The van der Waals surface area contributed by atoms with E-state index in [2.05, 4.69) is 92.9 Å². The number of hydrogen-bond donors (Lipinski definition) is 3. The Morgan fingerprint density at radius 3 is 1.47 bits per heavy atom. The molecule has 58 heavy (non-hydrogen) atoms. The Morgan fingerprint density at radius 1 is 0.517 bits per heavy atom. The van der Waals surface area contributed by atoms with Gasteiger partial charge in [0.15, 0.2) is 0 Å². The van der Waals surface area contributed by atoms with Gasteiger partial charge in [0.05, 0.1) is 25.2 Å². The lowest BCUT2D eigenvalue weighted by molar-refractivity contribution is -0.151. The summed E-state index contributed by atoms with van der Waals surface area (Å²) in [7, 11) is 0. The largest absolute Gasteiger partial charge is 0.462 e. The van der Waals surface area contributed by atoms with E-state index >= 15 is 0 Å². The van der Waals surface area contributed by atoms with E-state index in [0.717, 1.165) is 96.3 Å². The number of hydrogen-bond acceptors (Lipinski definition) is 5. The average Bonchev–Trinajstić information content (AvgIpc) is 3.22. The zero-order valence-corrected chi connectivity index (χ0v) is 37.6. The van der Waals surface area contributed by atoms with Crippen molar-refractivity contribution >= 4 is 11.9 Å².